The van der Waals surface area contributed by atoms with E-state index in [9.17, 15) is 5.53 Å². The smallest absolute Gasteiger partial charge is 0.211 e. The molecule has 0 amide bonds. The number of benzene rings is 2. The molecule has 0 bridgehead atoms. The van der Waals surface area contributed by atoms with Crippen molar-refractivity contribution in [1.29, 1.82) is 0 Å². The predicted octanol–water partition coefficient (Wildman–Crippen LogP) is 13.0. The summed E-state index contributed by atoms with van der Waals surface area (Å²) in [7, 11) is 0. The first-order chi connectivity index (χ1) is 21.4. The van der Waals surface area contributed by atoms with Crippen LogP contribution in [0.2, 0.25) is 0 Å². The normalized spacial score (nSPS) is 13.6. The molecule has 0 spiro atoms. The molecule has 0 aliphatic carbocycles. The molecular weight excluding hydrogens is 532 g/mol. The quantitative estimate of drug-likeness (QED) is 0.107. The van der Waals surface area contributed by atoms with E-state index in [1.54, 1.807) is 10.3 Å². The second-order valence-corrected chi connectivity index (χ2v) is 13.1. The molecule has 1 heterocycles. The first-order valence-electron chi connectivity index (χ1n) is 18.7. The van der Waals surface area contributed by atoms with Crippen LogP contribution in [0.3, 0.4) is 0 Å². The number of hydrogen-bond donors (Lipinski definition) is 0. The fourth-order valence-corrected chi connectivity index (χ4v) is 7.57. The summed E-state index contributed by atoms with van der Waals surface area (Å²) in [5, 5.41) is 0. The lowest BCUT2D eigenvalue weighted by Gasteiger charge is -2.18. The molecule has 0 saturated heterocycles. The number of unbranched alkanes of at least 4 members (excludes halogenated alkanes) is 5. The van der Waals surface area contributed by atoms with Gasteiger partial charge >= 0.3 is 0 Å². The second kappa shape index (κ2) is 18.5. The van der Waals surface area contributed by atoms with Gasteiger partial charge < -0.3 is 5.53 Å². The van der Waals surface area contributed by atoms with Gasteiger partial charge in [0.25, 0.3) is 0 Å². The standard InChI is InChI=1S/C42H64N2/c1-9-17-19-21-26-40-39(25-20-18-10-2)41(35-27-31(14-6)37(16-8)32(15-7)28-35)44(43)42(40)36-29-33(22-11-3)38(24-13-5)34(30-36)23-12-4/h27-30H,9-26H2,1-8H3. The summed E-state index contributed by atoms with van der Waals surface area (Å²) in [6.45, 7) is 18.3. The summed E-state index contributed by atoms with van der Waals surface area (Å²) in [6.07, 6.45) is 20.5. The second-order valence-electron chi connectivity index (χ2n) is 13.1. The van der Waals surface area contributed by atoms with Crippen molar-refractivity contribution in [3.63, 3.8) is 0 Å². The van der Waals surface area contributed by atoms with Crippen molar-refractivity contribution >= 4 is 11.4 Å². The molecule has 1 aliphatic heterocycles. The molecular formula is C42H64N2. The van der Waals surface area contributed by atoms with Crippen molar-refractivity contribution in [1.82, 2.24) is 0 Å². The first kappa shape index (κ1) is 36.0. The highest BCUT2D eigenvalue weighted by atomic mass is 15.2. The zero-order valence-corrected chi connectivity index (χ0v) is 29.9. The molecule has 1 aliphatic rings. The van der Waals surface area contributed by atoms with Gasteiger partial charge in [0.15, 0.2) is 0 Å². The molecule has 0 radical (unpaired) electrons. The molecule has 0 aromatic heterocycles. The van der Waals surface area contributed by atoms with Crippen LogP contribution in [-0.4, -0.2) is 4.70 Å². The molecule has 0 N–H and O–H groups in total. The molecule has 2 aromatic rings. The van der Waals surface area contributed by atoms with Crippen LogP contribution in [0.15, 0.2) is 35.4 Å². The maximum atomic E-state index is 12.4. The summed E-state index contributed by atoms with van der Waals surface area (Å²) >= 11 is 0. The van der Waals surface area contributed by atoms with E-state index in [0.29, 0.717) is 0 Å². The van der Waals surface area contributed by atoms with Gasteiger partial charge in [0.05, 0.1) is 0 Å². The maximum Gasteiger partial charge on any atom is 0.211 e. The highest BCUT2D eigenvalue weighted by Crippen LogP contribution is 2.46. The lowest BCUT2D eigenvalue weighted by Crippen LogP contribution is -2.08. The minimum atomic E-state index is 1.03. The highest BCUT2D eigenvalue weighted by Gasteiger charge is 2.36. The van der Waals surface area contributed by atoms with Crippen molar-refractivity contribution in [3.8, 4) is 0 Å². The zero-order chi connectivity index (χ0) is 32.1. The fourth-order valence-electron chi connectivity index (χ4n) is 7.57. The lowest BCUT2D eigenvalue weighted by molar-refractivity contribution is -0.345. The number of allylic oxidation sites excluding steroid dienone is 2. The van der Waals surface area contributed by atoms with Gasteiger partial charge in [0.2, 0.25) is 11.4 Å². The summed E-state index contributed by atoms with van der Waals surface area (Å²) in [5.74, 6) is 0. The molecule has 44 heavy (non-hydrogen) atoms. The van der Waals surface area contributed by atoms with Crippen molar-refractivity contribution < 1.29 is 4.70 Å². The Hall–Kier alpha value is -2.48. The summed E-state index contributed by atoms with van der Waals surface area (Å²) in [6, 6.07) is 9.73. The molecule has 242 valence electrons. The topological polar surface area (TPSA) is 25.3 Å². The van der Waals surface area contributed by atoms with Crippen LogP contribution in [0.25, 0.3) is 16.9 Å². The van der Waals surface area contributed by atoms with Crippen LogP contribution in [-0.2, 0) is 38.5 Å². The van der Waals surface area contributed by atoms with E-state index in [1.807, 2.05) is 0 Å². The Labute approximate surface area is 271 Å². The molecule has 2 nitrogen and oxygen atoms in total. The van der Waals surface area contributed by atoms with Crippen molar-refractivity contribution in [2.45, 2.75) is 171 Å². The van der Waals surface area contributed by atoms with E-state index >= 15 is 0 Å². The number of nitrogens with zero attached hydrogens (tertiary/aromatic N) is 2. The van der Waals surface area contributed by atoms with E-state index in [1.165, 1.54) is 101 Å². The Morgan fingerprint density at radius 3 is 1.27 bits per heavy atom. The Kier molecular flexibility index (Phi) is 15.1. The molecule has 0 fully saturated rings. The zero-order valence-electron chi connectivity index (χ0n) is 29.9. The van der Waals surface area contributed by atoms with Gasteiger partial charge in [-0.1, -0.05) is 107 Å². The minimum absolute atomic E-state index is 1.03. The minimum Gasteiger partial charge on any atom is -0.493 e. The Morgan fingerprint density at radius 2 is 0.864 bits per heavy atom. The Balaban J connectivity index is 2.33. The van der Waals surface area contributed by atoms with Crippen LogP contribution < -0.4 is 0 Å². The van der Waals surface area contributed by atoms with Crippen LogP contribution >= 0.6 is 0 Å². The van der Waals surface area contributed by atoms with Gasteiger partial charge in [-0.15, -0.1) is 0 Å². The molecule has 0 unspecified atom stereocenters. The molecule has 2 heteroatoms. The van der Waals surface area contributed by atoms with Crippen molar-refractivity contribution in [2.75, 3.05) is 0 Å². The van der Waals surface area contributed by atoms with Gasteiger partial charge in [-0.25, -0.2) is 4.70 Å². The van der Waals surface area contributed by atoms with E-state index in [4.69, 9.17) is 0 Å². The molecule has 0 atom stereocenters. The summed E-state index contributed by atoms with van der Waals surface area (Å²) in [4.78, 5) is 0. The molecule has 0 saturated carbocycles. The van der Waals surface area contributed by atoms with Crippen molar-refractivity contribution in [3.05, 3.63) is 85.5 Å². The third kappa shape index (κ3) is 8.41. The lowest BCUT2D eigenvalue weighted by atomic mass is 9.87. The molecule has 3 rings (SSSR count). The third-order valence-electron chi connectivity index (χ3n) is 9.74. The van der Waals surface area contributed by atoms with E-state index < -0.39 is 0 Å². The highest BCUT2D eigenvalue weighted by molar-refractivity contribution is 5.83. The van der Waals surface area contributed by atoms with Gasteiger partial charge in [-0.2, -0.15) is 0 Å². The van der Waals surface area contributed by atoms with Crippen LogP contribution in [0.5, 0.6) is 0 Å². The summed E-state index contributed by atoms with van der Waals surface area (Å²) in [5.41, 5.74) is 28.7. The van der Waals surface area contributed by atoms with E-state index in [2.05, 4.69) is 79.7 Å². The average molecular weight is 597 g/mol. The van der Waals surface area contributed by atoms with E-state index in [0.717, 1.165) is 75.6 Å². The molecule has 2 aromatic carbocycles. The first-order valence-corrected chi connectivity index (χ1v) is 18.7. The van der Waals surface area contributed by atoms with Gasteiger partial charge in [0.1, 0.15) is 0 Å². The van der Waals surface area contributed by atoms with Crippen molar-refractivity contribution in [2.24, 2.45) is 0 Å². The van der Waals surface area contributed by atoms with Crippen LogP contribution in [0.4, 0.5) is 0 Å². The summed E-state index contributed by atoms with van der Waals surface area (Å²) < 4.78 is 1.65. The average Bonchev–Trinajstić information content (AvgIpc) is 3.30. The number of aryl methyl sites for hydroxylation is 4. The van der Waals surface area contributed by atoms with Gasteiger partial charge in [-0.05, 0) is 122 Å². The largest absolute Gasteiger partial charge is 0.493 e. The van der Waals surface area contributed by atoms with Crippen LogP contribution in [0, 0.1) is 0 Å². The monoisotopic (exact) mass is 597 g/mol. The van der Waals surface area contributed by atoms with Gasteiger partial charge in [-0.3, -0.25) is 0 Å². The Morgan fingerprint density at radius 1 is 0.432 bits per heavy atom. The number of hydrogen-bond acceptors (Lipinski definition) is 0. The third-order valence-corrected chi connectivity index (χ3v) is 9.74. The van der Waals surface area contributed by atoms with E-state index in [-0.39, 0.29) is 0 Å². The fraction of sp³-hybridized carbons (Fsp3) is 0.619. The SMILES string of the molecule is CCCCCCC1=C(c2cc(CCC)c(CCC)c(CCC)c2)[N+](=[N-])C(c2cc(CC)c(CC)c(CC)c2)=C1CCCCC. The maximum absolute atomic E-state index is 12.4. The van der Waals surface area contributed by atoms with Crippen LogP contribution in [0.1, 0.15) is 177 Å². The predicted molar refractivity (Wildman–Crippen MR) is 193 cm³/mol. The number of rotatable bonds is 20. The Bertz CT molecular complexity index is 1250. The van der Waals surface area contributed by atoms with Gasteiger partial charge in [0, 0.05) is 22.3 Å².